The summed E-state index contributed by atoms with van der Waals surface area (Å²) < 4.78 is 0.955. The molecule has 0 saturated carbocycles. The number of amides is 1. The molecule has 2 N–H and O–H groups in total. The van der Waals surface area contributed by atoms with Crippen molar-refractivity contribution >= 4 is 39.0 Å². The number of aromatic nitrogens is 1. The second-order valence-electron chi connectivity index (χ2n) is 4.20. The summed E-state index contributed by atoms with van der Waals surface area (Å²) in [4.78, 5) is 15.2. The maximum absolute atomic E-state index is 10.9. The number of halogens is 1. The van der Waals surface area contributed by atoms with Gasteiger partial charge in [0.1, 0.15) is 5.82 Å². The van der Waals surface area contributed by atoms with Gasteiger partial charge >= 0.3 is 0 Å². The minimum absolute atomic E-state index is 0.0777. The average Bonchev–Trinajstić information content (AvgIpc) is 2.34. The Hall–Kier alpha value is -1.88. The predicted octanol–water partition coefficient (Wildman–Crippen LogP) is 3.85. The standard InChI is InChI=1S/C14H14BrN3O/c1-9-7-11(15)8-16-14(9)18-13-5-3-12(4-6-13)17-10(2)19/h3-8H,1-2H3,(H,16,18)(H,17,19). The maximum atomic E-state index is 10.9. The van der Waals surface area contributed by atoms with Crippen molar-refractivity contribution in [2.45, 2.75) is 13.8 Å². The van der Waals surface area contributed by atoms with Crippen LogP contribution in [0.3, 0.4) is 0 Å². The molecule has 4 nitrogen and oxygen atoms in total. The van der Waals surface area contributed by atoms with Gasteiger partial charge in [-0.15, -0.1) is 0 Å². The van der Waals surface area contributed by atoms with E-state index in [1.54, 1.807) is 6.20 Å². The first-order valence-corrected chi connectivity index (χ1v) is 6.61. The molecule has 2 rings (SSSR count). The van der Waals surface area contributed by atoms with Gasteiger partial charge in [0.2, 0.25) is 5.91 Å². The summed E-state index contributed by atoms with van der Waals surface area (Å²) in [6.45, 7) is 3.48. The van der Waals surface area contributed by atoms with E-state index in [9.17, 15) is 4.79 Å². The van der Waals surface area contributed by atoms with Gasteiger partial charge in [-0.3, -0.25) is 4.79 Å². The minimum Gasteiger partial charge on any atom is -0.340 e. The summed E-state index contributed by atoms with van der Waals surface area (Å²) in [6, 6.07) is 9.49. The Balaban J connectivity index is 2.13. The highest BCUT2D eigenvalue weighted by atomic mass is 79.9. The molecule has 98 valence electrons. The van der Waals surface area contributed by atoms with E-state index >= 15 is 0 Å². The number of nitrogens with zero attached hydrogens (tertiary/aromatic N) is 1. The van der Waals surface area contributed by atoms with E-state index in [1.807, 2.05) is 37.3 Å². The van der Waals surface area contributed by atoms with Gasteiger partial charge in [-0.05, 0) is 58.7 Å². The van der Waals surface area contributed by atoms with Crippen LogP contribution in [-0.2, 0) is 4.79 Å². The topological polar surface area (TPSA) is 54.0 Å². The largest absolute Gasteiger partial charge is 0.340 e. The second kappa shape index (κ2) is 5.84. The van der Waals surface area contributed by atoms with E-state index < -0.39 is 0 Å². The van der Waals surface area contributed by atoms with Crippen LogP contribution in [0.2, 0.25) is 0 Å². The fraction of sp³-hybridized carbons (Fsp3) is 0.143. The van der Waals surface area contributed by atoms with Gasteiger partial charge in [0, 0.05) is 29.0 Å². The normalized spacial score (nSPS) is 10.1. The fourth-order valence-corrected chi connectivity index (χ4v) is 2.09. The lowest BCUT2D eigenvalue weighted by Gasteiger charge is -2.09. The van der Waals surface area contributed by atoms with Crippen LogP contribution in [0.25, 0.3) is 0 Å². The van der Waals surface area contributed by atoms with Gasteiger partial charge in [-0.25, -0.2) is 4.98 Å². The first kappa shape index (κ1) is 13.5. The number of carbonyl (C=O) groups excluding carboxylic acids is 1. The van der Waals surface area contributed by atoms with Gasteiger partial charge in [0.05, 0.1) is 0 Å². The van der Waals surface area contributed by atoms with Gasteiger partial charge in [0.15, 0.2) is 0 Å². The second-order valence-corrected chi connectivity index (χ2v) is 5.12. The zero-order valence-corrected chi connectivity index (χ0v) is 12.3. The number of benzene rings is 1. The minimum atomic E-state index is -0.0777. The molecule has 0 aliphatic carbocycles. The van der Waals surface area contributed by atoms with Crippen molar-refractivity contribution in [3.63, 3.8) is 0 Å². The fourth-order valence-electron chi connectivity index (χ4n) is 1.65. The lowest BCUT2D eigenvalue weighted by atomic mass is 10.2. The van der Waals surface area contributed by atoms with Crippen LogP contribution < -0.4 is 10.6 Å². The van der Waals surface area contributed by atoms with E-state index in [0.29, 0.717) is 0 Å². The van der Waals surface area contributed by atoms with Crippen LogP contribution in [0.15, 0.2) is 41.0 Å². The van der Waals surface area contributed by atoms with Crippen molar-refractivity contribution in [2.24, 2.45) is 0 Å². The van der Waals surface area contributed by atoms with Crippen LogP contribution in [0.1, 0.15) is 12.5 Å². The van der Waals surface area contributed by atoms with Crippen molar-refractivity contribution in [3.05, 3.63) is 46.6 Å². The summed E-state index contributed by atoms with van der Waals surface area (Å²) in [6.07, 6.45) is 1.75. The predicted molar refractivity (Wildman–Crippen MR) is 80.7 cm³/mol. The molecule has 1 aromatic carbocycles. The van der Waals surface area contributed by atoms with Crippen LogP contribution >= 0.6 is 15.9 Å². The van der Waals surface area contributed by atoms with Crippen LogP contribution in [0.4, 0.5) is 17.2 Å². The van der Waals surface area contributed by atoms with Crippen LogP contribution in [-0.4, -0.2) is 10.9 Å². The van der Waals surface area contributed by atoms with Crippen molar-refractivity contribution in [1.82, 2.24) is 4.98 Å². The Labute approximate surface area is 120 Å². The van der Waals surface area contributed by atoms with Gasteiger partial charge < -0.3 is 10.6 Å². The van der Waals surface area contributed by atoms with Crippen molar-refractivity contribution in [2.75, 3.05) is 10.6 Å². The number of anilines is 3. The summed E-state index contributed by atoms with van der Waals surface area (Å²) in [5.74, 6) is 0.738. The molecule has 1 heterocycles. The lowest BCUT2D eigenvalue weighted by molar-refractivity contribution is -0.114. The molecule has 0 unspecified atom stereocenters. The molecule has 0 aliphatic rings. The average molecular weight is 320 g/mol. The van der Waals surface area contributed by atoms with E-state index in [2.05, 4.69) is 31.5 Å². The third-order valence-electron chi connectivity index (χ3n) is 2.51. The Bertz CT molecular complexity index is 596. The highest BCUT2D eigenvalue weighted by Gasteiger charge is 2.02. The van der Waals surface area contributed by atoms with Gasteiger partial charge in [-0.2, -0.15) is 0 Å². The zero-order valence-electron chi connectivity index (χ0n) is 10.7. The first-order chi connectivity index (χ1) is 9.04. The maximum Gasteiger partial charge on any atom is 0.221 e. The van der Waals surface area contributed by atoms with Crippen LogP contribution in [0.5, 0.6) is 0 Å². The number of rotatable bonds is 3. The molecular weight excluding hydrogens is 306 g/mol. The molecule has 0 fully saturated rings. The third-order valence-corrected chi connectivity index (χ3v) is 2.95. The Morgan fingerprint density at radius 1 is 1.21 bits per heavy atom. The third kappa shape index (κ3) is 3.79. The number of carbonyl (C=O) groups is 1. The Morgan fingerprint density at radius 2 is 1.84 bits per heavy atom. The van der Waals surface area contributed by atoms with Gasteiger partial charge in [-0.1, -0.05) is 0 Å². The van der Waals surface area contributed by atoms with Crippen molar-refractivity contribution < 1.29 is 4.79 Å². The smallest absolute Gasteiger partial charge is 0.221 e. The SMILES string of the molecule is CC(=O)Nc1ccc(Nc2ncc(Br)cc2C)cc1. The molecule has 0 atom stereocenters. The monoisotopic (exact) mass is 319 g/mol. The molecule has 0 aliphatic heterocycles. The number of aryl methyl sites for hydroxylation is 1. The molecule has 0 saturated heterocycles. The Morgan fingerprint density at radius 3 is 2.42 bits per heavy atom. The summed E-state index contributed by atoms with van der Waals surface area (Å²) in [7, 11) is 0. The van der Waals surface area contributed by atoms with Crippen molar-refractivity contribution in [1.29, 1.82) is 0 Å². The molecule has 0 bridgehead atoms. The highest BCUT2D eigenvalue weighted by Crippen LogP contribution is 2.22. The van der Waals surface area contributed by atoms with E-state index in [-0.39, 0.29) is 5.91 Å². The number of hydrogen-bond acceptors (Lipinski definition) is 3. The lowest BCUT2D eigenvalue weighted by Crippen LogP contribution is -2.05. The van der Waals surface area contributed by atoms with Gasteiger partial charge in [0.25, 0.3) is 0 Å². The summed E-state index contributed by atoms with van der Waals surface area (Å²) in [5, 5.41) is 5.96. The molecule has 0 radical (unpaired) electrons. The molecule has 2 aromatic rings. The van der Waals surface area contributed by atoms with E-state index in [0.717, 1.165) is 27.2 Å². The number of hydrogen-bond donors (Lipinski definition) is 2. The number of pyridine rings is 1. The molecule has 19 heavy (non-hydrogen) atoms. The molecule has 0 spiro atoms. The van der Waals surface area contributed by atoms with E-state index in [4.69, 9.17) is 0 Å². The summed E-state index contributed by atoms with van der Waals surface area (Å²) >= 11 is 3.38. The molecule has 1 aromatic heterocycles. The highest BCUT2D eigenvalue weighted by molar-refractivity contribution is 9.10. The Kier molecular flexibility index (Phi) is 4.16. The van der Waals surface area contributed by atoms with E-state index in [1.165, 1.54) is 6.92 Å². The van der Waals surface area contributed by atoms with Crippen molar-refractivity contribution in [3.8, 4) is 0 Å². The zero-order chi connectivity index (χ0) is 13.8. The summed E-state index contributed by atoms with van der Waals surface area (Å²) in [5.41, 5.74) is 2.76. The number of nitrogens with one attached hydrogen (secondary N) is 2. The quantitative estimate of drug-likeness (QED) is 0.903. The molecule has 5 heteroatoms. The van der Waals surface area contributed by atoms with Crippen LogP contribution in [0, 0.1) is 6.92 Å². The molecular formula is C14H14BrN3O. The molecule has 1 amide bonds. The first-order valence-electron chi connectivity index (χ1n) is 5.81.